The molecule has 0 aromatic heterocycles. The number of aromatic carboxylic acids is 1. The van der Waals surface area contributed by atoms with Crippen molar-refractivity contribution in [1.29, 1.82) is 0 Å². The number of nitrogens with zero attached hydrogens (tertiary/aromatic N) is 1. The third kappa shape index (κ3) is 2.88. The van der Waals surface area contributed by atoms with E-state index in [0.29, 0.717) is 10.6 Å². The Morgan fingerprint density at radius 1 is 1.11 bits per heavy atom. The molecule has 2 rings (SSSR count). The van der Waals surface area contributed by atoms with E-state index in [4.69, 9.17) is 11.6 Å². The van der Waals surface area contributed by atoms with E-state index in [1.165, 1.54) is 6.07 Å². The van der Waals surface area contributed by atoms with Crippen LogP contribution in [-0.4, -0.2) is 25.2 Å². The lowest BCUT2D eigenvalue weighted by Crippen LogP contribution is -2.08. The SMILES string of the molecule is CN(C)c1ccc(-c2ccc(Cl)cc2C(=O)O)cc1. The summed E-state index contributed by atoms with van der Waals surface area (Å²) in [6.45, 7) is 0. The molecule has 0 aliphatic rings. The second kappa shape index (κ2) is 5.33. The summed E-state index contributed by atoms with van der Waals surface area (Å²) in [4.78, 5) is 13.2. The second-order valence-corrected chi connectivity index (χ2v) is 4.87. The van der Waals surface area contributed by atoms with Crippen molar-refractivity contribution in [2.75, 3.05) is 19.0 Å². The molecule has 0 aliphatic carbocycles. The fourth-order valence-corrected chi connectivity index (χ4v) is 2.06. The lowest BCUT2D eigenvalue weighted by molar-refractivity contribution is 0.0697. The first-order valence-corrected chi connectivity index (χ1v) is 6.17. The quantitative estimate of drug-likeness (QED) is 0.927. The van der Waals surface area contributed by atoms with Gasteiger partial charge in [-0.3, -0.25) is 0 Å². The third-order valence-corrected chi connectivity index (χ3v) is 3.14. The van der Waals surface area contributed by atoms with Crippen molar-refractivity contribution in [3.8, 4) is 11.1 Å². The van der Waals surface area contributed by atoms with Crippen LogP contribution < -0.4 is 4.90 Å². The normalized spacial score (nSPS) is 10.3. The Balaban J connectivity index is 2.49. The van der Waals surface area contributed by atoms with Crippen LogP contribution in [0.2, 0.25) is 5.02 Å². The highest BCUT2D eigenvalue weighted by molar-refractivity contribution is 6.31. The zero-order valence-corrected chi connectivity index (χ0v) is 11.5. The van der Waals surface area contributed by atoms with Gasteiger partial charge in [-0.2, -0.15) is 0 Å². The number of anilines is 1. The maximum atomic E-state index is 11.3. The molecule has 2 aromatic carbocycles. The van der Waals surface area contributed by atoms with Crippen LogP contribution in [0.4, 0.5) is 5.69 Å². The zero-order valence-electron chi connectivity index (χ0n) is 10.7. The van der Waals surface area contributed by atoms with Gasteiger partial charge in [0.05, 0.1) is 5.56 Å². The summed E-state index contributed by atoms with van der Waals surface area (Å²) in [6, 6.07) is 12.6. The molecule has 1 N–H and O–H groups in total. The van der Waals surface area contributed by atoms with E-state index in [1.807, 2.05) is 43.3 Å². The maximum absolute atomic E-state index is 11.3. The van der Waals surface area contributed by atoms with Crippen molar-refractivity contribution < 1.29 is 9.90 Å². The highest BCUT2D eigenvalue weighted by Gasteiger charge is 2.12. The van der Waals surface area contributed by atoms with Gasteiger partial charge in [0, 0.05) is 24.8 Å². The molecule has 0 saturated heterocycles. The fraction of sp³-hybridized carbons (Fsp3) is 0.133. The summed E-state index contributed by atoms with van der Waals surface area (Å²) in [5.74, 6) is -0.978. The van der Waals surface area contributed by atoms with Crippen LogP contribution >= 0.6 is 11.6 Å². The Morgan fingerprint density at radius 2 is 1.74 bits per heavy atom. The standard InChI is InChI=1S/C15H14ClNO2/c1-17(2)12-6-3-10(4-7-12)13-8-5-11(16)9-14(13)15(18)19/h3-9H,1-2H3,(H,18,19). The van der Waals surface area contributed by atoms with E-state index in [1.54, 1.807) is 12.1 Å². The van der Waals surface area contributed by atoms with Gasteiger partial charge in [-0.25, -0.2) is 4.79 Å². The number of rotatable bonds is 3. The summed E-state index contributed by atoms with van der Waals surface area (Å²) in [6.07, 6.45) is 0. The zero-order chi connectivity index (χ0) is 14.0. The molecule has 0 unspecified atom stereocenters. The summed E-state index contributed by atoms with van der Waals surface area (Å²) in [5, 5.41) is 9.65. The number of benzene rings is 2. The van der Waals surface area contributed by atoms with Crippen LogP contribution in [0.1, 0.15) is 10.4 Å². The van der Waals surface area contributed by atoms with Crippen molar-refractivity contribution >= 4 is 23.3 Å². The minimum absolute atomic E-state index is 0.213. The van der Waals surface area contributed by atoms with Crippen molar-refractivity contribution in [1.82, 2.24) is 0 Å². The minimum atomic E-state index is -0.978. The van der Waals surface area contributed by atoms with Gasteiger partial charge in [-0.05, 0) is 35.4 Å². The summed E-state index contributed by atoms with van der Waals surface area (Å²) < 4.78 is 0. The van der Waals surface area contributed by atoms with Crippen LogP contribution in [0.15, 0.2) is 42.5 Å². The van der Waals surface area contributed by atoms with Crippen LogP contribution in [0.3, 0.4) is 0 Å². The smallest absolute Gasteiger partial charge is 0.336 e. The average molecular weight is 276 g/mol. The first kappa shape index (κ1) is 13.4. The molecule has 0 spiro atoms. The van der Waals surface area contributed by atoms with Crippen LogP contribution in [0.5, 0.6) is 0 Å². The third-order valence-electron chi connectivity index (χ3n) is 2.91. The van der Waals surface area contributed by atoms with Crippen LogP contribution in [0.25, 0.3) is 11.1 Å². The van der Waals surface area contributed by atoms with Crippen molar-refractivity contribution in [2.24, 2.45) is 0 Å². The molecule has 3 nitrogen and oxygen atoms in total. The second-order valence-electron chi connectivity index (χ2n) is 4.44. The van der Waals surface area contributed by atoms with Gasteiger partial charge in [0.1, 0.15) is 0 Å². The molecule has 19 heavy (non-hydrogen) atoms. The van der Waals surface area contributed by atoms with E-state index in [2.05, 4.69) is 0 Å². The Kier molecular flexibility index (Phi) is 3.76. The van der Waals surface area contributed by atoms with E-state index < -0.39 is 5.97 Å². The van der Waals surface area contributed by atoms with Crippen LogP contribution in [-0.2, 0) is 0 Å². The number of carboxylic acid groups (broad SMARTS) is 1. The van der Waals surface area contributed by atoms with Gasteiger partial charge in [0.25, 0.3) is 0 Å². The van der Waals surface area contributed by atoms with Crippen molar-refractivity contribution in [3.63, 3.8) is 0 Å². The molecule has 0 atom stereocenters. The van der Waals surface area contributed by atoms with Crippen molar-refractivity contribution in [3.05, 3.63) is 53.1 Å². The molecule has 0 aliphatic heterocycles. The molecule has 0 bridgehead atoms. The molecule has 2 aromatic rings. The van der Waals surface area contributed by atoms with Gasteiger partial charge < -0.3 is 10.0 Å². The molecule has 0 radical (unpaired) electrons. The number of hydrogen-bond acceptors (Lipinski definition) is 2. The Morgan fingerprint density at radius 3 is 2.26 bits per heavy atom. The number of carboxylic acids is 1. The fourth-order valence-electron chi connectivity index (χ4n) is 1.88. The summed E-state index contributed by atoms with van der Waals surface area (Å²) in [7, 11) is 3.92. The molecule has 0 saturated carbocycles. The van der Waals surface area contributed by atoms with Crippen LogP contribution in [0, 0.1) is 0 Å². The lowest BCUT2D eigenvalue weighted by Gasteiger charge is -2.13. The molecule has 0 amide bonds. The summed E-state index contributed by atoms with van der Waals surface area (Å²) >= 11 is 5.85. The molecule has 4 heteroatoms. The lowest BCUT2D eigenvalue weighted by atomic mass is 9.99. The Hall–Kier alpha value is -2.00. The van der Waals surface area contributed by atoms with Gasteiger partial charge in [0.2, 0.25) is 0 Å². The first-order chi connectivity index (χ1) is 8.99. The van der Waals surface area contributed by atoms with Crippen molar-refractivity contribution in [2.45, 2.75) is 0 Å². The molecule has 98 valence electrons. The van der Waals surface area contributed by atoms with Gasteiger partial charge >= 0.3 is 5.97 Å². The predicted molar refractivity (Wildman–Crippen MR) is 78.2 cm³/mol. The van der Waals surface area contributed by atoms with E-state index in [-0.39, 0.29) is 5.56 Å². The average Bonchev–Trinajstić information content (AvgIpc) is 2.38. The van der Waals surface area contributed by atoms with E-state index in [9.17, 15) is 9.90 Å². The molecular formula is C15H14ClNO2. The number of carbonyl (C=O) groups is 1. The largest absolute Gasteiger partial charge is 0.478 e. The number of halogens is 1. The monoisotopic (exact) mass is 275 g/mol. The summed E-state index contributed by atoms with van der Waals surface area (Å²) in [5.41, 5.74) is 2.81. The van der Waals surface area contributed by atoms with Gasteiger partial charge in [-0.15, -0.1) is 0 Å². The molecule has 0 heterocycles. The topological polar surface area (TPSA) is 40.5 Å². The maximum Gasteiger partial charge on any atom is 0.336 e. The highest BCUT2D eigenvalue weighted by Crippen LogP contribution is 2.28. The Bertz CT molecular complexity index is 606. The van der Waals surface area contributed by atoms with E-state index >= 15 is 0 Å². The predicted octanol–water partition coefficient (Wildman–Crippen LogP) is 3.77. The molecule has 0 fully saturated rings. The number of hydrogen-bond donors (Lipinski definition) is 1. The minimum Gasteiger partial charge on any atom is -0.478 e. The molecular weight excluding hydrogens is 262 g/mol. The first-order valence-electron chi connectivity index (χ1n) is 5.79. The Labute approximate surface area is 117 Å². The van der Waals surface area contributed by atoms with Gasteiger partial charge in [-0.1, -0.05) is 29.8 Å². The van der Waals surface area contributed by atoms with Gasteiger partial charge in [0.15, 0.2) is 0 Å². The highest BCUT2D eigenvalue weighted by atomic mass is 35.5. The van der Waals surface area contributed by atoms with E-state index in [0.717, 1.165) is 11.3 Å².